The van der Waals surface area contributed by atoms with Gasteiger partial charge in [-0.2, -0.15) is 5.06 Å². The zero-order valence-corrected chi connectivity index (χ0v) is 19.7. The van der Waals surface area contributed by atoms with Gasteiger partial charge in [0.1, 0.15) is 11.8 Å². The van der Waals surface area contributed by atoms with Crippen LogP contribution in [-0.2, 0) is 32.3 Å². The first-order valence-electron chi connectivity index (χ1n) is 9.23. The molecule has 0 radical (unpaired) electrons. The van der Waals surface area contributed by atoms with Crippen LogP contribution in [0.2, 0.25) is 0 Å². The molecule has 168 valence electrons. The average molecular weight is 470 g/mol. The van der Waals surface area contributed by atoms with Crippen LogP contribution in [0.25, 0.3) is 0 Å². The van der Waals surface area contributed by atoms with Gasteiger partial charge < -0.3 is 22.7 Å². The van der Waals surface area contributed by atoms with E-state index in [1.54, 1.807) is 0 Å². The summed E-state index contributed by atoms with van der Waals surface area (Å²) in [5, 5.41) is 1.11. The molecule has 0 aromatic carbocycles. The fourth-order valence-electron chi connectivity index (χ4n) is 2.74. The van der Waals surface area contributed by atoms with Gasteiger partial charge in [0, 0.05) is 32.3 Å². The summed E-state index contributed by atoms with van der Waals surface area (Å²) >= 11 is 7.32. The minimum atomic E-state index is -0.435. The van der Waals surface area contributed by atoms with E-state index >= 15 is 0 Å². The number of rotatable bonds is 15. The molecule has 1 aliphatic heterocycles. The Labute approximate surface area is 187 Å². The van der Waals surface area contributed by atoms with Gasteiger partial charge in [-0.05, 0) is 67.4 Å². The highest BCUT2D eigenvalue weighted by atomic mass is 32.2. The minimum absolute atomic E-state index is 0.102. The molecule has 0 saturated carbocycles. The predicted molar refractivity (Wildman–Crippen MR) is 118 cm³/mol. The lowest BCUT2D eigenvalue weighted by Gasteiger charge is -2.31. The van der Waals surface area contributed by atoms with Gasteiger partial charge in [-0.1, -0.05) is 0 Å². The van der Waals surface area contributed by atoms with Crippen LogP contribution in [0.4, 0.5) is 0 Å². The van der Waals surface area contributed by atoms with Crippen LogP contribution in [0.1, 0.15) is 45.4 Å². The zero-order chi connectivity index (χ0) is 22.0. The number of hydrogen-bond donors (Lipinski definition) is 0. The van der Waals surface area contributed by atoms with Gasteiger partial charge in [-0.25, -0.2) is 0 Å². The van der Waals surface area contributed by atoms with E-state index < -0.39 is 5.97 Å². The summed E-state index contributed by atoms with van der Waals surface area (Å²) in [6.07, 6.45) is 8.89. The Hall–Kier alpha value is -0.880. The third-order valence-corrected chi connectivity index (χ3v) is 5.21. The number of nitrogens with zero attached hydrogens (tertiary/aromatic N) is 1. The molecule has 0 aliphatic carbocycles. The molecule has 0 aromatic heterocycles. The third kappa shape index (κ3) is 13.9. The van der Waals surface area contributed by atoms with E-state index in [1.807, 2.05) is 12.5 Å². The zero-order valence-electron chi connectivity index (χ0n) is 17.3. The summed E-state index contributed by atoms with van der Waals surface area (Å²) in [6.45, 7) is 3.58. The summed E-state index contributed by atoms with van der Waals surface area (Å²) in [4.78, 5) is 36.6. The minimum Gasteiger partial charge on any atom is -0.490 e. The first-order chi connectivity index (χ1) is 13.9. The van der Waals surface area contributed by atoms with Gasteiger partial charge in [-0.3, -0.25) is 9.59 Å². The van der Waals surface area contributed by atoms with Crippen molar-refractivity contribution >= 4 is 60.0 Å². The Morgan fingerprint density at radius 3 is 2.17 bits per heavy atom. The van der Waals surface area contributed by atoms with E-state index in [0.29, 0.717) is 39.2 Å². The van der Waals surface area contributed by atoms with Crippen molar-refractivity contribution in [3.63, 3.8) is 0 Å². The summed E-state index contributed by atoms with van der Waals surface area (Å²) in [5.74, 6) is -0.537. The average Bonchev–Trinajstić information content (AvgIpc) is 3.07. The predicted octanol–water partition coefficient (Wildman–Crippen LogP) is 3.38. The summed E-state index contributed by atoms with van der Waals surface area (Å²) in [5.41, 5.74) is 1.13. The van der Waals surface area contributed by atoms with Crippen LogP contribution in [0.3, 0.4) is 0 Å². The van der Waals surface area contributed by atoms with Gasteiger partial charge in [0.15, 0.2) is 0 Å². The van der Waals surface area contributed by atoms with Gasteiger partial charge >= 0.3 is 5.97 Å². The standard InChI is InChI=1S/C12H22O4S3.C6H9NO3/c1-18-15-9-5-12(3-7-13,4-8-14-11-17)6-10-16-19-2;1-5(8)10-7-4-2-3-6(7)9/h7,11H,3-6,8-10H2,1-2H3;2-4H2,1H3. The molecule has 1 aliphatic rings. The van der Waals surface area contributed by atoms with Gasteiger partial charge in [0.25, 0.3) is 5.91 Å². The summed E-state index contributed by atoms with van der Waals surface area (Å²) < 4.78 is 15.8. The highest BCUT2D eigenvalue weighted by Gasteiger charge is 2.29. The molecule has 11 heteroatoms. The van der Waals surface area contributed by atoms with E-state index in [2.05, 4.69) is 17.1 Å². The van der Waals surface area contributed by atoms with E-state index in [1.165, 1.54) is 36.6 Å². The highest BCUT2D eigenvalue weighted by molar-refractivity contribution is 7.94. The molecular formula is C18H31NO7S3. The maximum Gasteiger partial charge on any atom is 0.329 e. The van der Waals surface area contributed by atoms with Gasteiger partial charge in [0.05, 0.1) is 26.4 Å². The van der Waals surface area contributed by atoms with Crippen molar-refractivity contribution < 1.29 is 32.3 Å². The number of carbonyl (C=O) groups excluding carboxylic acids is 3. The Bertz CT molecular complexity index is 484. The van der Waals surface area contributed by atoms with Crippen molar-refractivity contribution in [2.75, 3.05) is 38.9 Å². The van der Waals surface area contributed by atoms with Crippen molar-refractivity contribution in [3.05, 3.63) is 0 Å². The van der Waals surface area contributed by atoms with Crippen molar-refractivity contribution in [2.24, 2.45) is 5.41 Å². The van der Waals surface area contributed by atoms with E-state index in [0.717, 1.165) is 37.0 Å². The normalized spacial score (nSPS) is 13.5. The Morgan fingerprint density at radius 2 is 1.76 bits per heavy atom. The van der Waals surface area contributed by atoms with Crippen LogP contribution in [0.15, 0.2) is 0 Å². The number of aldehydes is 1. The number of hydrogen-bond acceptors (Lipinski definition) is 10. The molecule has 0 unspecified atom stereocenters. The van der Waals surface area contributed by atoms with Crippen LogP contribution in [0, 0.1) is 5.41 Å². The van der Waals surface area contributed by atoms with Crippen LogP contribution in [-0.4, -0.2) is 67.7 Å². The fourth-order valence-corrected chi connectivity index (χ4v) is 3.34. The lowest BCUT2D eigenvalue weighted by Crippen LogP contribution is -2.27. The second-order valence-corrected chi connectivity index (χ2v) is 7.58. The lowest BCUT2D eigenvalue weighted by atomic mass is 9.76. The van der Waals surface area contributed by atoms with Crippen LogP contribution >= 0.6 is 36.3 Å². The van der Waals surface area contributed by atoms with Crippen molar-refractivity contribution in [1.29, 1.82) is 0 Å². The topological polar surface area (TPSA) is 91.4 Å². The Kier molecular flexibility index (Phi) is 17.4. The molecule has 0 spiro atoms. The van der Waals surface area contributed by atoms with E-state index in [9.17, 15) is 14.4 Å². The van der Waals surface area contributed by atoms with E-state index in [4.69, 9.17) is 13.1 Å². The fraction of sp³-hybridized carbons (Fsp3) is 0.778. The van der Waals surface area contributed by atoms with Gasteiger partial charge in [0.2, 0.25) is 0 Å². The Balaban J connectivity index is 0.000000651. The third-order valence-electron chi connectivity index (χ3n) is 4.27. The molecule has 0 atom stereocenters. The first-order valence-corrected chi connectivity index (χ1v) is 12.0. The summed E-state index contributed by atoms with van der Waals surface area (Å²) in [6, 6.07) is 0. The van der Waals surface area contributed by atoms with Crippen molar-refractivity contribution in [1.82, 2.24) is 5.06 Å². The molecule has 29 heavy (non-hydrogen) atoms. The molecule has 8 nitrogen and oxygen atoms in total. The number of ether oxygens (including phenoxy) is 1. The molecule has 1 fully saturated rings. The molecule has 1 rings (SSSR count). The summed E-state index contributed by atoms with van der Waals surface area (Å²) in [7, 11) is 0. The smallest absolute Gasteiger partial charge is 0.329 e. The van der Waals surface area contributed by atoms with Crippen LogP contribution < -0.4 is 0 Å². The van der Waals surface area contributed by atoms with Crippen molar-refractivity contribution in [2.45, 2.75) is 45.4 Å². The second-order valence-electron chi connectivity index (χ2n) is 6.25. The second kappa shape index (κ2) is 17.9. The van der Waals surface area contributed by atoms with E-state index in [-0.39, 0.29) is 11.3 Å². The SMILES string of the molecule is CC(=O)ON1CCCC1=O.CSOCCC(CC=O)(CCOC=S)CCOSC. The first kappa shape index (κ1) is 28.1. The monoisotopic (exact) mass is 469 g/mol. The van der Waals surface area contributed by atoms with Crippen molar-refractivity contribution in [3.8, 4) is 0 Å². The molecule has 1 heterocycles. The molecular weight excluding hydrogens is 438 g/mol. The molecule has 1 saturated heterocycles. The maximum absolute atomic E-state index is 11.0. The quantitative estimate of drug-likeness (QED) is 0.154. The number of thiocarbonyl (C=S) groups is 1. The number of hydroxylamine groups is 2. The molecule has 0 aromatic rings. The maximum atomic E-state index is 11.0. The van der Waals surface area contributed by atoms with Gasteiger partial charge in [-0.15, -0.1) is 0 Å². The number of amides is 1. The molecule has 1 amide bonds. The molecule has 0 N–H and O–H groups in total. The highest BCUT2D eigenvalue weighted by Crippen LogP contribution is 2.35. The Morgan fingerprint density at radius 1 is 1.17 bits per heavy atom. The number of carbonyl (C=O) groups is 3. The van der Waals surface area contributed by atoms with Crippen LogP contribution in [0.5, 0.6) is 0 Å². The largest absolute Gasteiger partial charge is 0.490 e. The lowest BCUT2D eigenvalue weighted by molar-refractivity contribution is -0.190. The molecule has 0 bridgehead atoms.